The summed E-state index contributed by atoms with van der Waals surface area (Å²) < 4.78 is 6.48. The molecule has 0 unspecified atom stereocenters. The first kappa shape index (κ1) is 13.0. The summed E-state index contributed by atoms with van der Waals surface area (Å²) in [5.41, 5.74) is 3.19. The fourth-order valence-corrected chi connectivity index (χ4v) is 1.65. The topological polar surface area (TPSA) is 47.6 Å². The van der Waals surface area contributed by atoms with Crippen LogP contribution in [0.2, 0.25) is 0 Å². The summed E-state index contributed by atoms with van der Waals surface area (Å²) >= 11 is 3.36. The van der Waals surface area contributed by atoms with Gasteiger partial charge in [0.2, 0.25) is 0 Å². The van der Waals surface area contributed by atoms with E-state index >= 15 is 0 Å². The van der Waals surface area contributed by atoms with Gasteiger partial charge < -0.3 is 4.74 Å². The molecule has 4 nitrogen and oxygen atoms in total. The number of hydrogen-bond donors (Lipinski definition) is 1. The van der Waals surface area contributed by atoms with Crippen molar-refractivity contribution in [2.24, 2.45) is 0 Å². The molecule has 0 fully saturated rings. The van der Waals surface area contributed by atoms with Crippen LogP contribution in [0.25, 0.3) is 0 Å². The minimum Gasteiger partial charge on any atom is -0.481 e. The first-order valence-corrected chi connectivity index (χ1v) is 5.59. The largest absolute Gasteiger partial charge is 0.481 e. The predicted molar refractivity (Wildman–Crippen MR) is 64.1 cm³/mol. The third kappa shape index (κ3) is 3.50. The van der Waals surface area contributed by atoms with Crippen molar-refractivity contribution in [2.75, 3.05) is 7.11 Å². The minimum absolute atomic E-state index is 0.315. The normalized spacial score (nSPS) is 12.0. The Morgan fingerprint density at radius 2 is 2.19 bits per heavy atom. The number of nitrogens with one attached hydrogen (secondary N) is 1. The van der Waals surface area contributed by atoms with Crippen molar-refractivity contribution in [2.45, 2.75) is 20.0 Å². The summed E-state index contributed by atoms with van der Waals surface area (Å²) in [7, 11) is 1.38. The van der Waals surface area contributed by atoms with E-state index < -0.39 is 6.10 Å². The van der Waals surface area contributed by atoms with E-state index in [-0.39, 0.29) is 5.91 Å². The number of rotatable bonds is 4. The molecule has 5 heteroatoms. The maximum Gasteiger partial charge on any atom is 0.284 e. The highest BCUT2D eigenvalue weighted by Gasteiger charge is 2.15. The van der Waals surface area contributed by atoms with Crippen LogP contribution >= 0.6 is 15.9 Å². The molecule has 0 aliphatic heterocycles. The Labute approximate surface area is 103 Å². The van der Waals surface area contributed by atoms with Gasteiger partial charge >= 0.3 is 0 Å². The van der Waals surface area contributed by atoms with Gasteiger partial charge in [-0.1, -0.05) is 15.9 Å². The Morgan fingerprint density at radius 3 is 2.75 bits per heavy atom. The van der Waals surface area contributed by atoms with Gasteiger partial charge in [0.05, 0.1) is 7.11 Å². The SMILES string of the molecule is CONC(=O)[C@H](C)Oc1ccc(Br)cc1C. The molecule has 0 bridgehead atoms. The third-order valence-corrected chi connectivity index (χ3v) is 2.51. The minimum atomic E-state index is -0.597. The summed E-state index contributed by atoms with van der Waals surface area (Å²) in [5.74, 6) is 0.367. The van der Waals surface area contributed by atoms with Gasteiger partial charge in [-0.2, -0.15) is 0 Å². The Morgan fingerprint density at radius 1 is 1.50 bits per heavy atom. The lowest BCUT2D eigenvalue weighted by Crippen LogP contribution is -2.35. The zero-order valence-corrected chi connectivity index (χ0v) is 11.0. The Hall–Kier alpha value is -1.07. The van der Waals surface area contributed by atoms with E-state index in [9.17, 15) is 4.79 Å². The van der Waals surface area contributed by atoms with Crippen molar-refractivity contribution < 1.29 is 14.4 Å². The molecule has 0 aliphatic rings. The lowest BCUT2D eigenvalue weighted by atomic mass is 10.2. The number of amides is 1. The van der Waals surface area contributed by atoms with Crippen molar-refractivity contribution in [3.8, 4) is 5.75 Å². The van der Waals surface area contributed by atoms with Gasteiger partial charge in [0.25, 0.3) is 5.91 Å². The van der Waals surface area contributed by atoms with Crippen LogP contribution in [0.1, 0.15) is 12.5 Å². The standard InChI is InChI=1S/C11H14BrNO3/c1-7-6-9(12)4-5-10(7)16-8(2)11(14)13-15-3/h4-6,8H,1-3H3,(H,13,14)/t8-/m0/s1. The molecule has 1 rings (SSSR count). The van der Waals surface area contributed by atoms with Crippen molar-refractivity contribution in [3.05, 3.63) is 28.2 Å². The zero-order chi connectivity index (χ0) is 12.1. The summed E-state index contributed by atoms with van der Waals surface area (Å²) in [4.78, 5) is 15.9. The number of ether oxygens (including phenoxy) is 1. The van der Waals surface area contributed by atoms with E-state index in [1.807, 2.05) is 25.1 Å². The zero-order valence-electron chi connectivity index (χ0n) is 9.41. The van der Waals surface area contributed by atoms with Crippen LogP contribution in [-0.4, -0.2) is 19.1 Å². The van der Waals surface area contributed by atoms with Gasteiger partial charge in [-0.15, -0.1) is 0 Å². The van der Waals surface area contributed by atoms with Crippen molar-refractivity contribution in [1.82, 2.24) is 5.48 Å². The molecule has 0 radical (unpaired) electrons. The number of hydroxylamine groups is 1. The van der Waals surface area contributed by atoms with Crippen LogP contribution in [0.15, 0.2) is 22.7 Å². The fraction of sp³-hybridized carbons (Fsp3) is 0.364. The molecule has 1 aromatic carbocycles. The van der Waals surface area contributed by atoms with Crippen LogP contribution in [0.3, 0.4) is 0 Å². The molecule has 0 spiro atoms. The van der Waals surface area contributed by atoms with Gasteiger partial charge in [0, 0.05) is 4.47 Å². The van der Waals surface area contributed by atoms with Gasteiger partial charge in [0.1, 0.15) is 5.75 Å². The van der Waals surface area contributed by atoms with Crippen LogP contribution in [0.5, 0.6) is 5.75 Å². The lowest BCUT2D eigenvalue weighted by molar-refractivity contribution is -0.137. The third-order valence-electron chi connectivity index (χ3n) is 2.01. The van der Waals surface area contributed by atoms with E-state index in [0.29, 0.717) is 5.75 Å². The molecule has 16 heavy (non-hydrogen) atoms. The van der Waals surface area contributed by atoms with Crippen LogP contribution in [0, 0.1) is 6.92 Å². The van der Waals surface area contributed by atoms with Crippen LogP contribution < -0.4 is 10.2 Å². The maximum absolute atomic E-state index is 11.4. The highest BCUT2D eigenvalue weighted by molar-refractivity contribution is 9.10. The van der Waals surface area contributed by atoms with Gasteiger partial charge in [-0.05, 0) is 37.6 Å². The van der Waals surface area contributed by atoms with Gasteiger partial charge in [-0.3, -0.25) is 9.63 Å². The second-order valence-corrected chi connectivity index (χ2v) is 4.26. The number of aryl methyl sites for hydroxylation is 1. The average molecular weight is 288 g/mol. The quantitative estimate of drug-likeness (QED) is 0.864. The van der Waals surface area contributed by atoms with E-state index in [1.165, 1.54) is 7.11 Å². The number of carbonyl (C=O) groups excluding carboxylic acids is 1. The highest BCUT2D eigenvalue weighted by Crippen LogP contribution is 2.23. The second kappa shape index (κ2) is 5.86. The summed E-state index contributed by atoms with van der Waals surface area (Å²) in [6, 6.07) is 5.61. The maximum atomic E-state index is 11.4. The van der Waals surface area contributed by atoms with Crippen LogP contribution in [-0.2, 0) is 9.63 Å². The molecule has 0 heterocycles. The number of halogens is 1. The van der Waals surface area contributed by atoms with E-state index in [0.717, 1.165) is 10.0 Å². The van der Waals surface area contributed by atoms with Crippen molar-refractivity contribution in [1.29, 1.82) is 0 Å². The number of carbonyl (C=O) groups is 1. The molecule has 1 aromatic rings. The number of benzene rings is 1. The molecule has 88 valence electrons. The Bertz CT molecular complexity index is 381. The molecular formula is C11H14BrNO3. The predicted octanol–water partition coefficient (Wildman–Crippen LogP) is 2.20. The molecule has 0 saturated heterocycles. The van der Waals surface area contributed by atoms with Crippen molar-refractivity contribution in [3.63, 3.8) is 0 Å². The first-order chi connectivity index (χ1) is 7.54. The van der Waals surface area contributed by atoms with E-state index in [1.54, 1.807) is 6.92 Å². The summed E-state index contributed by atoms with van der Waals surface area (Å²) in [6.07, 6.45) is -0.597. The van der Waals surface area contributed by atoms with E-state index in [4.69, 9.17) is 4.74 Å². The molecular weight excluding hydrogens is 274 g/mol. The molecule has 1 N–H and O–H groups in total. The van der Waals surface area contributed by atoms with Crippen molar-refractivity contribution >= 4 is 21.8 Å². The molecule has 1 atom stereocenters. The molecule has 0 aliphatic carbocycles. The van der Waals surface area contributed by atoms with Gasteiger partial charge in [-0.25, -0.2) is 5.48 Å². The van der Waals surface area contributed by atoms with E-state index in [2.05, 4.69) is 26.2 Å². The highest BCUT2D eigenvalue weighted by atomic mass is 79.9. The monoisotopic (exact) mass is 287 g/mol. The summed E-state index contributed by atoms with van der Waals surface area (Å²) in [5, 5.41) is 0. The van der Waals surface area contributed by atoms with Gasteiger partial charge in [0.15, 0.2) is 6.10 Å². The molecule has 0 aromatic heterocycles. The lowest BCUT2D eigenvalue weighted by Gasteiger charge is -2.15. The number of hydrogen-bond acceptors (Lipinski definition) is 3. The Balaban J connectivity index is 2.69. The second-order valence-electron chi connectivity index (χ2n) is 3.34. The smallest absolute Gasteiger partial charge is 0.284 e. The fourth-order valence-electron chi connectivity index (χ4n) is 1.17. The molecule has 1 amide bonds. The Kier molecular flexibility index (Phi) is 4.76. The molecule has 0 saturated carbocycles. The summed E-state index contributed by atoms with van der Waals surface area (Å²) in [6.45, 7) is 3.58. The first-order valence-electron chi connectivity index (χ1n) is 4.80. The average Bonchev–Trinajstić information content (AvgIpc) is 2.22. The van der Waals surface area contributed by atoms with Crippen LogP contribution in [0.4, 0.5) is 0 Å².